The lowest BCUT2D eigenvalue weighted by Crippen LogP contribution is -2.50. The lowest BCUT2D eigenvalue weighted by atomic mass is 9.85. The average Bonchev–Trinajstić information content (AvgIpc) is 2.30. The minimum Gasteiger partial charge on any atom is -0.465 e. The van der Waals surface area contributed by atoms with Crippen LogP contribution < -0.4 is 5.32 Å². The fourth-order valence-electron chi connectivity index (χ4n) is 2.47. The van der Waals surface area contributed by atoms with Gasteiger partial charge in [0.25, 0.3) is 0 Å². The number of esters is 1. The first-order chi connectivity index (χ1) is 9.06. The SMILES string of the molecule is CCOC(=O)C(CN(CC)CC1CCC1)NC(C)C. The number of hydrogen-bond donors (Lipinski definition) is 1. The molecule has 19 heavy (non-hydrogen) atoms. The molecule has 1 saturated carbocycles. The van der Waals surface area contributed by atoms with Crippen molar-refractivity contribution in [1.82, 2.24) is 10.2 Å². The lowest BCUT2D eigenvalue weighted by molar-refractivity contribution is -0.146. The van der Waals surface area contributed by atoms with E-state index in [1.807, 2.05) is 6.92 Å². The molecule has 0 bridgehead atoms. The highest BCUT2D eigenvalue weighted by Gasteiger charge is 2.26. The zero-order chi connectivity index (χ0) is 14.3. The third-order valence-electron chi connectivity index (χ3n) is 3.73. The van der Waals surface area contributed by atoms with Crippen LogP contribution in [0.2, 0.25) is 0 Å². The first kappa shape index (κ1) is 16.4. The molecular weight excluding hydrogens is 240 g/mol. The maximum Gasteiger partial charge on any atom is 0.324 e. The van der Waals surface area contributed by atoms with Crippen molar-refractivity contribution in [3.63, 3.8) is 0 Å². The van der Waals surface area contributed by atoms with Gasteiger partial charge in [-0.2, -0.15) is 0 Å². The highest BCUT2D eigenvalue weighted by molar-refractivity contribution is 5.76. The molecule has 112 valence electrons. The summed E-state index contributed by atoms with van der Waals surface area (Å²) in [7, 11) is 0. The number of likely N-dealkylation sites (N-methyl/N-ethyl adjacent to an activating group) is 1. The quantitative estimate of drug-likeness (QED) is 0.651. The zero-order valence-electron chi connectivity index (χ0n) is 12.9. The van der Waals surface area contributed by atoms with Gasteiger partial charge in [0.15, 0.2) is 0 Å². The van der Waals surface area contributed by atoms with Crippen molar-refractivity contribution >= 4 is 5.97 Å². The van der Waals surface area contributed by atoms with Crippen LogP contribution in [0.3, 0.4) is 0 Å². The monoisotopic (exact) mass is 270 g/mol. The van der Waals surface area contributed by atoms with Gasteiger partial charge in [-0.1, -0.05) is 27.2 Å². The van der Waals surface area contributed by atoms with Crippen molar-refractivity contribution in [3.05, 3.63) is 0 Å². The van der Waals surface area contributed by atoms with Crippen molar-refractivity contribution in [2.75, 3.05) is 26.2 Å². The molecule has 1 rings (SSSR count). The molecule has 0 radical (unpaired) electrons. The lowest BCUT2D eigenvalue weighted by Gasteiger charge is -2.33. The topological polar surface area (TPSA) is 41.6 Å². The Labute approximate surface area is 117 Å². The molecule has 0 aromatic heterocycles. The largest absolute Gasteiger partial charge is 0.465 e. The second-order valence-electron chi connectivity index (χ2n) is 5.78. The maximum absolute atomic E-state index is 12.0. The van der Waals surface area contributed by atoms with Crippen molar-refractivity contribution in [2.24, 2.45) is 5.92 Å². The van der Waals surface area contributed by atoms with E-state index in [2.05, 4.69) is 31.0 Å². The van der Waals surface area contributed by atoms with E-state index in [1.165, 1.54) is 19.3 Å². The van der Waals surface area contributed by atoms with Crippen molar-refractivity contribution in [1.29, 1.82) is 0 Å². The van der Waals surface area contributed by atoms with E-state index in [9.17, 15) is 4.79 Å². The van der Waals surface area contributed by atoms with Gasteiger partial charge in [0, 0.05) is 19.1 Å². The third-order valence-corrected chi connectivity index (χ3v) is 3.73. The molecule has 1 aliphatic carbocycles. The predicted molar refractivity (Wildman–Crippen MR) is 78.1 cm³/mol. The molecule has 0 saturated heterocycles. The Morgan fingerprint density at radius 1 is 1.37 bits per heavy atom. The minimum absolute atomic E-state index is 0.122. The number of hydrogen-bond acceptors (Lipinski definition) is 4. The molecule has 0 aromatic carbocycles. The third kappa shape index (κ3) is 5.91. The molecule has 1 atom stereocenters. The first-order valence-corrected chi connectivity index (χ1v) is 7.71. The summed E-state index contributed by atoms with van der Waals surface area (Å²) in [5, 5.41) is 3.32. The van der Waals surface area contributed by atoms with Gasteiger partial charge in [0.05, 0.1) is 6.61 Å². The van der Waals surface area contributed by atoms with Gasteiger partial charge < -0.3 is 15.0 Å². The van der Waals surface area contributed by atoms with Crippen molar-refractivity contribution in [3.8, 4) is 0 Å². The molecule has 0 aromatic rings. The molecule has 4 nitrogen and oxygen atoms in total. The molecule has 1 unspecified atom stereocenters. The van der Waals surface area contributed by atoms with E-state index in [4.69, 9.17) is 4.74 Å². The van der Waals surface area contributed by atoms with E-state index >= 15 is 0 Å². The summed E-state index contributed by atoms with van der Waals surface area (Å²) in [5.74, 6) is 0.713. The fraction of sp³-hybridized carbons (Fsp3) is 0.933. The summed E-state index contributed by atoms with van der Waals surface area (Å²) in [6.07, 6.45) is 4.06. The van der Waals surface area contributed by atoms with Gasteiger partial charge in [-0.15, -0.1) is 0 Å². The second-order valence-corrected chi connectivity index (χ2v) is 5.78. The standard InChI is InChI=1S/C15H30N2O2/c1-5-17(10-13-8-7-9-13)11-14(16-12(3)4)15(18)19-6-2/h12-14,16H,5-11H2,1-4H3. The van der Waals surface area contributed by atoms with Gasteiger partial charge in [-0.25, -0.2) is 0 Å². The normalized spacial score (nSPS) is 17.6. The molecule has 0 aliphatic heterocycles. The van der Waals surface area contributed by atoms with Crippen LogP contribution in [0.4, 0.5) is 0 Å². The van der Waals surface area contributed by atoms with Crippen LogP contribution in [0, 0.1) is 5.92 Å². The van der Waals surface area contributed by atoms with Crippen LogP contribution in [-0.2, 0) is 9.53 Å². The second kappa shape index (κ2) is 8.54. The molecule has 1 N–H and O–H groups in total. The van der Waals surface area contributed by atoms with Crippen LogP contribution in [0.25, 0.3) is 0 Å². The Bertz CT molecular complexity index is 265. The highest BCUT2D eigenvalue weighted by Crippen LogP contribution is 2.27. The maximum atomic E-state index is 12.0. The molecule has 1 fully saturated rings. The summed E-state index contributed by atoms with van der Waals surface area (Å²) < 4.78 is 5.17. The zero-order valence-corrected chi connectivity index (χ0v) is 12.9. The fourth-order valence-corrected chi connectivity index (χ4v) is 2.47. The number of nitrogens with zero attached hydrogens (tertiary/aromatic N) is 1. The Hall–Kier alpha value is -0.610. The highest BCUT2D eigenvalue weighted by atomic mass is 16.5. The Morgan fingerprint density at radius 3 is 2.47 bits per heavy atom. The summed E-state index contributed by atoms with van der Waals surface area (Å²) in [4.78, 5) is 14.4. The summed E-state index contributed by atoms with van der Waals surface area (Å²) in [6, 6.07) is 0.0804. The summed E-state index contributed by atoms with van der Waals surface area (Å²) in [6.45, 7) is 11.5. The number of rotatable bonds is 9. The van der Waals surface area contributed by atoms with Crippen molar-refractivity contribution in [2.45, 2.75) is 59.0 Å². The predicted octanol–water partition coefficient (Wildman–Crippen LogP) is 2.04. The van der Waals surface area contributed by atoms with Crippen LogP contribution >= 0.6 is 0 Å². The number of ether oxygens (including phenoxy) is 1. The number of carbonyl (C=O) groups excluding carboxylic acids is 1. The Balaban J connectivity index is 2.49. The van der Waals surface area contributed by atoms with Gasteiger partial charge in [-0.05, 0) is 32.2 Å². The van der Waals surface area contributed by atoms with Crippen molar-refractivity contribution < 1.29 is 9.53 Å². The van der Waals surface area contributed by atoms with Crippen LogP contribution in [0.15, 0.2) is 0 Å². The average molecular weight is 270 g/mol. The summed E-state index contributed by atoms with van der Waals surface area (Å²) >= 11 is 0. The molecule has 0 spiro atoms. The number of nitrogens with one attached hydrogen (secondary N) is 1. The molecule has 1 aliphatic rings. The molecule has 0 heterocycles. The molecule has 4 heteroatoms. The van der Waals surface area contributed by atoms with Gasteiger partial charge >= 0.3 is 5.97 Å². The number of carbonyl (C=O) groups is 1. The Morgan fingerprint density at radius 2 is 2.05 bits per heavy atom. The van der Waals surface area contributed by atoms with Gasteiger partial charge in [0.1, 0.15) is 6.04 Å². The van der Waals surface area contributed by atoms with E-state index in [1.54, 1.807) is 0 Å². The van der Waals surface area contributed by atoms with E-state index < -0.39 is 0 Å². The van der Waals surface area contributed by atoms with E-state index in [0.717, 1.165) is 25.6 Å². The van der Waals surface area contributed by atoms with E-state index in [-0.39, 0.29) is 18.1 Å². The minimum atomic E-state index is -0.208. The molecule has 0 amide bonds. The Kier molecular flexibility index (Phi) is 7.39. The van der Waals surface area contributed by atoms with Crippen LogP contribution in [0.1, 0.15) is 47.0 Å². The summed E-state index contributed by atoms with van der Waals surface area (Å²) in [5.41, 5.74) is 0. The van der Waals surface area contributed by atoms with Crippen LogP contribution in [0.5, 0.6) is 0 Å². The van der Waals surface area contributed by atoms with Gasteiger partial charge in [0.2, 0.25) is 0 Å². The van der Waals surface area contributed by atoms with Gasteiger partial charge in [-0.3, -0.25) is 4.79 Å². The molecular formula is C15H30N2O2. The smallest absolute Gasteiger partial charge is 0.324 e. The van der Waals surface area contributed by atoms with E-state index in [0.29, 0.717) is 6.61 Å². The van der Waals surface area contributed by atoms with Crippen LogP contribution in [-0.4, -0.2) is 49.2 Å². The first-order valence-electron chi connectivity index (χ1n) is 7.71.